The van der Waals surface area contributed by atoms with Crippen LogP contribution in [0.15, 0.2) is 22.7 Å². The lowest BCUT2D eigenvalue weighted by atomic mass is 10.0. The summed E-state index contributed by atoms with van der Waals surface area (Å²) in [6.45, 7) is 3.55. The molecule has 0 N–H and O–H groups in total. The van der Waals surface area contributed by atoms with Gasteiger partial charge >= 0.3 is 0 Å². The van der Waals surface area contributed by atoms with Crippen molar-refractivity contribution in [2.24, 2.45) is 0 Å². The number of hydrogen-bond acceptors (Lipinski definition) is 2. The highest BCUT2D eigenvalue weighted by atomic mass is 79.9. The zero-order valence-electron chi connectivity index (χ0n) is 9.79. The van der Waals surface area contributed by atoms with Gasteiger partial charge in [-0.1, -0.05) is 31.9 Å². The Balaban J connectivity index is 2.24. The number of benzene rings is 1. The fraction of sp³-hybridized carbons (Fsp3) is 0.538. The molecule has 2 atom stereocenters. The number of alkyl halides is 1. The van der Waals surface area contributed by atoms with E-state index < -0.39 is 0 Å². The Morgan fingerprint density at radius 2 is 2.35 bits per heavy atom. The number of rotatable bonds is 4. The lowest BCUT2D eigenvalue weighted by Gasteiger charge is -2.20. The molecule has 0 spiro atoms. The molecule has 1 saturated heterocycles. The zero-order chi connectivity index (χ0) is 12.3. The molecule has 1 fully saturated rings. The molecule has 2 rings (SSSR count). The highest BCUT2D eigenvalue weighted by Gasteiger charge is 2.27. The van der Waals surface area contributed by atoms with Gasteiger partial charge in [-0.25, -0.2) is 0 Å². The standard InChI is InChI=1S/C13H16Br2O2/c1-2-16-11-6-5-9(14)8-10(11)13(15)12-4-3-7-17-12/h5-6,8,12-13H,2-4,7H2,1H3. The van der Waals surface area contributed by atoms with E-state index >= 15 is 0 Å². The summed E-state index contributed by atoms with van der Waals surface area (Å²) in [6, 6.07) is 6.11. The molecule has 1 aromatic carbocycles. The summed E-state index contributed by atoms with van der Waals surface area (Å²) in [7, 11) is 0. The van der Waals surface area contributed by atoms with Crippen molar-refractivity contribution in [3.8, 4) is 5.75 Å². The van der Waals surface area contributed by atoms with Crippen LogP contribution in [0.3, 0.4) is 0 Å². The molecule has 1 heterocycles. The van der Waals surface area contributed by atoms with Crippen LogP contribution in [-0.2, 0) is 4.74 Å². The van der Waals surface area contributed by atoms with Crippen molar-refractivity contribution in [2.75, 3.05) is 13.2 Å². The summed E-state index contributed by atoms with van der Waals surface area (Å²) in [6.07, 6.45) is 2.50. The molecule has 0 bridgehead atoms. The monoisotopic (exact) mass is 362 g/mol. The van der Waals surface area contributed by atoms with Crippen molar-refractivity contribution < 1.29 is 9.47 Å². The second kappa shape index (κ2) is 6.21. The second-order valence-corrected chi connectivity index (χ2v) is 5.97. The van der Waals surface area contributed by atoms with E-state index in [1.165, 1.54) is 0 Å². The van der Waals surface area contributed by atoms with Crippen LogP contribution in [0.5, 0.6) is 5.75 Å². The van der Waals surface area contributed by atoms with E-state index in [2.05, 4.69) is 37.9 Å². The molecule has 2 unspecified atom stereocenters. The SMILES string of the molecule is CCOc1ccc(Br)cc1C(Br)C1CCCO1. The van der Waals surface area contributed by atoms with Crippen LogP contribution in [0.2, 0.25) is 0 Å². The Morgan fingerprint density at radius 1 is 1.53 bits per heavy atom. The zero-order valence-corrected chi connectivity index (χ0v) is 13.0. The smallest absolute Gasteiger partial charge is 0.123 e. The van der Waals surface area contributed by atoms with Crippen LogP contribution in [0.25, 0.3) is 0 Å². The van der Waals surface area contributed by atoms with E-state index in [0.29, 0.717) is 6.61 Å². The lowest BCUT2D eigenvalue weighted by Crippen LogP contribution is -2.13. The van der Waals surface area contributed by atoms with Gasteiger partial charge in [0.2, 0.25) is 0 Å². The Kier molecular flexibility index (Phi) is 4.88. The Hall–Kier alpha value is -0.0600. The van der Waals surface area contributed by atoms with Crippen LogP contribution in [0.4, 0.5) is 0 Å². The maximum Gasteiger partial charge on any atom is 0.123 e. The third-order valence-corrected chi connectivity index (χ3v) is 4.44. The van der Waals surface area contributed by atoms with Crippen LogP contribution < -0.4 is 4.74 Å². The third kappa shape index (κ3) is 3.24. The molecule has 2 nitrogen and oxygen atoms in total. The second-order valence-electron chi connectivity index (χ2n) is 4.07. The average Bonchev–Trinajstić information content (AvgIpc) is 2.84. The maximum absolute atomic E-state index is 5.72. The largest absolute Gasteiger partial charge is 0.494 e. The van der Waals surface area contributed by atoms with Crippen molar-refractivity contribution >= 4 is 31.9 Å². The summed E-state index contributed by atoms with van der Waals surface area (Å²) in [5.41, 5.74) is 1.16. The van der Waals surface area contributed by atoms with E-state index in [-0.39, 0.29) is 10.9 Å². The molecule has 94 valence electrons. The van der Waals surface area contributed by atoms with Crippen LogP contribution in [0, 0.1) is 0 Å². The normalized spacial score (nSPS) is 21.5. The predicted octanol–water partition coefficient (Wildman–Crippen LogP) is 4.46. The first kappa shape index (κ1) is 13.4. The van der Waals surface area contributed by atoms with Crippen molar-refractivity contribution in [1.82, 2.24) is 0 Å². The van der Waals surface area contributed by atoms with E-state index in [1.807, 2.05) is 19.1 Å². The molecule has 0 amide bonds. The van der Waals surface area contributed by atoms with Gasteiger partial charge in [0.1, 0.15) is 5.75 Å². The Bertz CT molecular complexity index is 376. The quantitative estimate of drug-likeness (QED) is 0.735. The van der Waals surface area contributed by atoms with Crippen LogP contribution >= 0.6 is 31.9 Å². The molecule has 0 aliphatic carbocycles. The Labute approximate surface area is 119 Å². The molecule has 1 aromatic rings. The molecule has 1 aliphatic heterocycles. The minimum absolute atomic E-state index is 0.198. The van der Waals surface area contributed by atoms with Gasteiger partial charge < -0.3 is 9.47 Å². The van der Waals surface area contributed by atoms with E-state index in [1.54, 1.807) is 0 Å². The number of ether oxygens (including phenoxy) is 2. The maximum atomic E-state index is 5.72. The molecule has 0 radical (unpaired) electrons. The summed E-state index contributed by atoms with van der Waals surface area (Å²) >= 11 is 7.25. The van der Waals surface area contributed by atoms with Gasteiger partial charge in [0.05, 0.1) is 17.5 Å². The van der Waals surface area contributed by atoms with Gasteiger partial charge in [-0.15, -0.1) is 0 Å². The summed E-state index contributed by atoms with van der Waals surface area (Å²) < 4.78 is 12.5. The van der Waals surface area contributed by atoms with Crippen LogP contribution in [-0.4, -0.2) is 19.3 Å². The molecular formula is C13H16Br2O2. The molecule has 1 aliphatic rings. The first-order valence-corrected chi connectivity index (χ1v) is 7.61. The van der Waals surface area contributed by atoms with Gasteiger partial charge in [-0.2, -0.15) is 0 Å². The fourth-order valence-corrected chi connectivity index (χ4v) is 3.21. The first-order valence-electron chi connectivity index (χ1n) is 5.90. The summed E-state index contributed by atoms with van der Waals surface area (Å²) in [5, 5.41) is 0. The molecule has 17 heavy (non-hydrogen) atoms. The van der Waals surface area contributed by atoms with E-state index in [4.69, 9.17) is 9.47 Å². The minimum atomic E-state index is 0.198. The molecule has 4 heteroatoms. The first-order chi connectivity index (χ1) is 8.22. The molecule has 0 aromatic heterocycles. The minimum Gasteiger partial charge on any atom is -0.494 e. The number of halogens is 2. The number of hydrogen-bond donors (Lipinski definition) is 0. The lowest BCUT2D eigenvalue weighted by molar-refractivity contribution is 0.110. The van der Waals surface area contributed by atoms with E-state index in [0.717, 1.165) is 35.2 Å². The fourth-order valence-electron chi connectivity index (χ4n) is 2.06. The van der Waals surface area contributed by atoms with Gasteiger partial charge in [0.25, 0.3) is 0 Å². The molecular weight excluding hydrogens is 348 g/mol. The Morgan fingerprint density at radius 3 is 3.00 bits per heavy atom. The van der Waals surface area contributed by atoms with Crippen molar-refractivity contribution in [3.05, 3.63) is 28.2 Å². The van der Waals surface area contributed by atoms with Crippen LogP contribution in [0.1, 0.15) is 30.2 Å². The van der Waals surface area contributed by atoms with Gasteiger partial charge in [-0.3, -0.25) is 0 Å². The van der Waals surface area contributed by atoms with Gasteiger partial charge in [-0.05, 0) is 38.0 Å². The summed E-state index contributed by atoms with van der Waals surface area (Å²) in [4.78, 5) is 0.198. The van der Waals surface area contributed by atoms with Gasteiger partial charge in [0, 0.05) is 16.6 Å². The van der Waals surface area contributed by atoms with E-state index in [9.17, 15) is 0 Å². The van der Waals surface area contributed by atoms with Crippen molar-refractivity contribution in [3.63, 3.8) is 0 Å². The predicted molar refractivity (Wildman–Crippen MR) is 76.0 cm³/mol. The third-order valence-electron chi connectivity index (χ3n) is 2.86. The average molecular weight is 364 g/mol. The molecule has 0 saturated carbocycles. The van der Waals surface area contributed by atoms with Crippen molar-refractivity contribution in [1.29, 1.82) is 0 Å². The van der Waals surface area contributed by atoms with Gasteiger partial charge in [0.15, 0.2) is 0 Å². The topological polar surface area (TPSA) is 18.5 Å². The summed E-state index contributed by atoms with van der Waals surface area (Å²) in [5.74, 6) is 0.938. The highest BCUT2D eigenvalue weighted by Crippen LogP contribution is 2.39. The van der Waals surface area contributed by atoms with Crippen molar-refractivity contribution in [2.45, 2.75) is 30.7 Å². The highest BCUT2D eigenvalue weighted by molar-refractivity contribution is 9.10.